The molecular formula is C16H23NO4. The van der Waals surface area contributed by atoms with Gasteiger partial charge in [0.1, 0.15) is 0 Å². The number of esters is 1. The van der Waals surface area contributed by atoms with Gasteiger partial charge in [0.2, 0.25) is 0 Å². The van der Waals surface area contributed by atoms with Crippen molar-refractivity contribution in [2.24, 2.45) is 5.92 Å². The predicted molar refractivity (Wildman–Crippen MR) is 79.7 cm³/mol. The van der Waals surface area contributed by atoms with Crippen molar-refractivity contribution < 1.29 is 19.0 Å². The lowest BCUT2D eigenvalue weighted by Crippen LogP contribution is -2.24. The zero-order valence-corrected chi connectivity index (χ0v) is 13.1. The molecule has 0 aromatic heterocycles. The second-order valence-corrected chi connectivity index (χ2v) is 5.38. The fourth-order valence-corrected chi connectivity index (χ4v) is 2.77. The van der Waals surface area contributed by atoms with Crippen LogP contribution in [0.5, 0.6) is 11.5 Å². The number of ether oxygens (including phenoxy) is 3. The number of rotatable bonds is 5. The van der Waals surface area contributed by atoms with E-state index in [1.165, 1.54) is 12.7 Å². The highest BCUT2D eigenvalue weighted by molar-refractivity contribution is 5.72. The summed E-state index contributed by atoms with van der Waals surface area (Å²) in [5.74, 6) is 1.37. The Morgan fingerprint density at radius 1 is 1.24 bits per heavy atom. The Balaban J connectivity index is 2.08. The van der Waals surface area contributed by atoms with Crippen LogP contribution in [0, 0.1) is 12.8 Å². The highest BCUT2D eigenvalue weighted by atomic mass is 16.5. The van der Waals surface area contributed by atoms with Gasteiger partial charge >= 0.3 is 5.97 Å². The summed E-state index contributed by atoms with van der Waals surface area (Å²) >= 11 is 0. The SMILES string of the molecule is COC(=O)C1CCN(Cc2cc(OC)c(OC)cc2C)C1. The van der Waals surface area contributed by atoms with E-state index in [-0.39, 0.29) is 11.9 Å². The standard InChI is InChI=1S/C16H23NO4/c1-11-7-14(19-2)15(20-3)8-13(11)10-17-6-5-12(9-17)16(18)21-4/h7-8,12H,5-6,9-10H2,1-4H3. The molecular weight excluding hydrogens is 270 g/mol. The van der Waals surface area contributed by atoms with Crippen LogP contribution >= 0.6 is 0 Å². The van der Waals surface area contributed by atoms with Crippen LogP contribution in [0.4, 0.5) is 0 Å². The van der Waals surface area contributed by atoms with Crippen LogP contribution < -0.4 is 9.47 Å². The van der Waals surface area contributed by atoms with E-state index in [0.29, 0.717) is 0 Å². The quantitative estimate of drug-likeness (QED) is 0.777. The fraction of sp³-hybridized carbons (Fsp3) is 0.562. The molecule has 0 amide bonds. The number of carbonyl (C=O) groups excluding carboxylic acids is 1. The van der Waals surface area contributed by atoms with Crippen molar-refractivity contribution in [3.8, 4) is 11.5 Å². The maximum Gasteiger partial charge on any atom is 0.310 e. The van der Waals surface area contributed by atoms with Crippen LogP contribution in [-0.2, 0) is 16.1 Å². The zero-order chi connectivity index (χ0) is 15.4. The van der Waals surface area contributed by atoms with E-state index in [1.54, 1.807) is 14.2 Å². The molecule has 1 aliphatic rings. The molecule has 5 heteroatoms. The van der Waals surface area contributed by atoms with Crippen LogP contribution in [0.15, 0.2) is 12.1 Å². The number of likely N-dealkylation sites (tertiary alicyclic amines) is 1. The van der Waals surface area contributed by atoms with E-state index in [0.717, 1.165) is 43.1 Å². The molecule has 1 unspecified atom stereocenters. The van der Waals surface area contributed by atoms with Crippen molar-refractivity contribution in [2.75, 3.05) is 34.4 Å². The molecule has 2 rings (SSSR count). The molecule has 5 nitrogen and oxygen atoms in total. The normalized spacial score (nSPS) is 18.6. The lowest BCUT2D eigenvalue weighted by Gasteiger charge is -2.19. The summed E-state index contributed by atoms with van der Waals surface area (Å²) in [6.45, 7) is 4.53. The maximum atomic E-state index is 11.6. The largest absolute Gasteiger partial charge is 0.493 e. The van der Waals surface area contributed by atoms with E-state index in [4.69, 9.17) is 14.2 Å². The van der Waals surface area contributed by atoms with Gasteiger partial charge in [0.15, 0.2) is 11.5 Å². The van der Waals surface area contributed by atoms with E-state index in [9.17, 15) is 4.79 Å². The number of carbonyl (C=O) groups is 1. The lowest BCUT2D eigenvalue weighted by atomic mass is 10.1. The summed E-state index contributed by atoms with van der Waals surface area (Å²) in [7, 11) is 4.72. The van der Waals surface area contributed by atoms with Gasteiger partial charge in [-0.05, 0) is 43.1 Å². The van der Waals surface area contributed by atoms with Gasteiger partial charge in [-0.3, -0.25) is 9.69 Å². The number of methoxy groups -OCH3 is 3. The highest BCUT2D eigenvalue weighted by Gasteiger charge is 2.29. The molecule has 1 atom stereocenters. The third kappa shape index (κ3) is 3.47. The van der Waals surface area contributed by atoms with Crippen LogP contribution in [-0.4, -0.2) is 45.3 Å². The molecule has 1 aromatic carbocycles. The molecule has 1 fully saturated rings. The number of hydrogen-bond donors (Lipinski definition) is 0. The van der Waals surface area contributed by atoms with Gasteiger partial charge in [0.05, 0.1) is 27.2 Å². The molecule has 1 heterocycles. The number of hydrogen-bond acceptors (Lipinski definition) is 5. The Morgan fingerprint density at radius 3 is 2.52 bits per heavy atom. The minimum atomic E-state index is -0.110. The average Bonchev–Trinajstić information content (AvgIpc) is 2.96. The molecule has 0 radical (unpaired) electrons. The van der Waals surface area contributed by atoms with Gasteiger partial charge in [0.25, 0.3) is 0 Å². The minimum absolute atomic E-state index is 0.00421. The van der Waals surface area contributed by atoms with Crippen LogP contribution in [0.1, 0.15) is 17.5 Å². The average molecular weight is 293 g/mol. The molecule has 0 aliphatic carbocycles. The summed E-state index contributed by atoms with van der Waals surface area (Å²) in [6.07, 6.45) is 0.860. The van der Waals surface area contributed by atoms with Gasteiger partial charge in [-0.1, -0.05) is 0 Å². The second kappa shape index (κ2) is 6.80. The van der Waals surface area contributed by atoms with Crippen LogP contribution in [0.2, 0.25) is 0 Å². The molecule has 0 spiro atoms. The molecule has 1 aliphatic heterocycles. The minimum Gasteiger partial charge on any atom is -0.493 e. The highest BCUT2D eigenvalue weighted by Crippen LogP contribution is 2.31. The third-order valence-corrected chi connectivity index (χ3v) is 4.04. The molecule has 1 aromatic rings. The summed E-state index contributed by atoms with van der Waals surface area (Å²) < 4.78 is 15.5. The van der Waals surface area contributed by atoms with Crippen molar-refractivity contribution in [1.29, 1.82) is 0 Å². The predicted octanol–water partition coefficient (Wildman–Crippen LogP) is 2.01. The Labute approximate surface area is 125 Å². The smallest absolute Gasteiger partial charge is 0.310 e. The molecule has 1 saturated heterocycles. The zero-order valence-electron chi connectivity index (χ0n) is 13.1. The van der Waals surface area contributed by atoms with Gasteiger partial charge in [-0.15, -0.1) is 0 Å². The van der Waals surface area contributed by atoms with Gasteiger partial charge < -0.3 is 14.2 Å². The number of nitrogens with zero attached hydrogens (tertiary/aromatic N) is 1. The van der Waals surface area contributed by atoms with Crippen molar-refractivity contribution >= 4 is 5.97 Å². The van der Waals surface area contributed by atoms with E-state index in [1.807, 2.05) is 12.1 Å². The summed E-state index contributed by atoms with van der Waals surface area (Å²) in [4.78, 5) is 13.9. The topological polar surface area (TPSA) is 48.0 Å². The first-order valence-corrected chi connectivity index (χ1v) is 7.10. The summed E-state index contributed by atoms with van der Waals surface area (Å²) in [6, 6.07) is 4.00. The molecule has 0 bridgehead atoms. The summed E-state index contributed by atoms with van der Waals surface area (Å²) in [5.41, 5.74) is 2.35. The van der Waals surface area contributed by atoms with Crippen molar-refractivity contribution in [3.05, 3.63) is 23.3 Å². The van der Waals surface area contributed by atoms with Crippen LogP contribution in [0.25, 0.3) is 0 Å². The van der Waals surface area contributed by atoms with E-state index < -0.39 is 0 Å². The first-order valence-electron chi connectivity index (χ1n) is 7.10. The fourth-order valence-electron chi connectivity index (χ4n) is 2.77. The van der Waals surface area contributed by atoms with Crippen molar-refractivity contribution in [1.82, 2.24) is 4.90 Å². The molecule has 0 N–H and O–H groups in total. The lowest BCUT2D eigenvalue weighted by molar-refractivity contribution is -0.144. The third-order valence-electron chi connectivity index (χ3n) is 4.04. The number of aryl methyl sites for hydroxylation is 1. The first-order chi connectivity index (χ1) is 10.1. The Kier molecular flexibility index (Phi) is 5.07. The second-order valence-electron chi connectivity index (χ2n) is 5.38. The summed E-state index contributed by atoms with van der Waals surface area (Å²) in [5, 5.41) is 0. The Bertz CT molecular complexity index is 515. The maximum absolute atomic E-state index is 11.6. The Morgan fingerprint density at radius 2 is 1.90 bits per heavy atom. The monoisotopic (exact) mass is 293 g/mol. The van der Waals surface area contributed by atoms with Gasteiger partial charge in [0, 0.05) is 13.1 Å². The molecule has 0 saturated carbocycles. The Hall–Kier alpha value is -1.75. The first kappa shape index (κ1) is 15.6. The van der Waals surface area contributed by atoms with Crippen molar-refractivity contribution in [3.63, 3.8) is 0 Å². The van der Waals surface area contributed by atoms with E-state index in [2.05, 4.69) is 11.8 Å². The van der Waals surface area contributed by atoms with E-state index >= 15 is 0 Å². The molecule has 21 heavy (non-hydrogen) atoms. The van der Waals surface area contributed by atoms with Gasteiger partial charge in [-0.25, -0.2) is 0 Å². The van der Waals surface area contributed by atoms with Crippen molar-refractivity contribution in [2.45, 2.75) is 19.9 Å². The number of benzene rings is 1. The van der Waals surface area contributed by atoms with Crippen LogP contribution in [0.3, 0.4) is 0 Å². The van der Waals surface area contributed by atoms with Gasteiger partial charge in [-0.2, -0.15) is 0 Å². The molecule has 116 valence electrons.